The van der Waals surface area contributed by atoms with E-state index in [1.54, 1.807) is 0 Å². The van der Waals surface area contributed by atoms with Gasteiger partial charge in [-0.3, -0.25) is 10.1 Å². The van der Waals surface area contributed by atoms with E-state index < -0.39 is 0 Å². The summed E-state index contributed by atoms with van der Waals surface area (Å²) in [5.41, 5.74) is 2.72. The maximum Gasteiger partial charge on any atom is 0.221 e. The topological polar surface area (TPSA) is 46.4 Å². The first kappa shape index (κ1) is 12.9. The van der Waals surface area contributed by atoms with Crippen molar-refractivity contribution in [1.29, 1.82) is 0 Å². The quantitative estimate of drug-likeness (QED) is 0.594. The molecule has 0 aliphatic carbocycles. The van der Waals surface area contributed by atoms with Crippen molar-refractivity contribution in [2.24, 2.45) is 0 Å². The molecule has 0 bridgehead atoms. The maximum atomic E-state index is 10.5. The van der Waals surface area contributed by atoms with Crippen LogP contribution in [0.4, 0.5) is 5.69 Å². The first-order valence-corrected chi connectivity index (χ1v) is 6.59. The number of hydrogen-bond acceptors (Lipinski definition) is 3. The lowest BCUT2D eigenvalue weighted by molar-refractivity contribution is -0.477. The molecule has 0 N–H and O–H groups in total. The SMILES string of the molecule is CCC1(CC)CN(CC[N+](=O)[O-])c2ccccc21. The summed E-state index contributed by atoms with van der Waals surface area (Å²) in [5, 5.41) is 10.5. The number of rotatable bonds is 5. The first-order chi connectivity index (χ1) is 8.63. The molecule has 4 heteroatoms. The van der Waals surface area contributed by atoms with Crippen molar-refractivity contribution in [2.45, 2.75) is 32.1 Å². The van der Waals surface area contributed by atoms with Gasteiger partial charge in [0, 0.05) is 22.6 Å². The highest BCUT2D eigenvalue weighted by atomic mass is 16.6. The fourth-order valence-corrected chi connectivity index (χ4v) is 2.99. The average Bonchev–Trinajstić information content (AvgIpc) is 2.71. The van der Waals surface area contributed by atoms with Crippen molar-refractivity contribution in [1.82, 2.24) is 0 Å². The Hall–Kier alpha value is -1.58. The number of nitro groups is 1. The summed E-state index contributed by atoms with van der Waals surface area (Å²) in [7, 11) is 0. The van der Waals surface area contributed by atoms with Crippen molar-refractivity contribution in [2.75, 3.05) is 24.5 Å². The molecule has 1 aliphatic heterocycles. The molecule has 0 radical (unpaired) electrons. The summed E-state index contributed by atoms with van der Waals surface area (Å²) in [4.78, 5) is 12.5. The van der Waals surface area contributed by atoms with Gasteiger partial charge in [-0.15, -0.1) is 0 Å². The lowest BCUT2D eigenvalue weighted by Crippen LogP contribution is -2.35. The second-order valence-electron chi connectivity index (χ2n) is 4.98. The predicted octanol–water partition coefficient (Wildman–Crippen LogP) is 2.84. The number of benzene rings is 1. The minimum absolute atomic E-state index is 0.0117. The number of nitrogens with zero attached hydrogens (tertiary/aromatic N) is 2. The summed E-state index contributed by atoms with van der Waals surface area (Å²) in [6, 6.07) is 8.34. The van der Waals surface area contributed by atoms with Crippen molar-refractivity contribution < 1.29 is 4.92 Å². The molecule has 98 valence electrons. The van der Waals surface area contributed by atoms with E-state index in [4.69, 9.17) is 0 Å². The molecule has 0 atom stereocenters. The van der Waals surface area contributed by atoms with Crippen molar-refractivity contribution in [3.05, 3.63) is 39.9 Å². The smallest absolute Gasteiger partial charge is 0.221 e. The van der Waals surface area contributed by atoms with Gasteiger partial charge in [0.25, 0.3) is 0 Å². The Kier molecular flexibility index (Phi) is 3.55. The Balaban J connectivity index is 2.30. The van der Waals surface area contributed by atoms with Crippen LogP contribution >= 0.6 is 0 Å². The minimum atomic E-state index is -0.236. The molecule has 0 amide bonds. The fourth-order valence-electron chi connectivity index (χ4n) is 2.99. The average molecular weight is 248 g/mol. The van der Waals surface area contributed by atoms with E-state index in [0.29, 0.717) is 6.54 Å². The van der Waals surface area contributed by atoms with Crippen molar-refractivity contribution in [3.8, 4) is 0 Å². The number of fused-ring (bicyclic) bond motifs is 1. The first-order valence-electron chi connectivity index (χ1n) is 6.59. The third-order valence-electron chi connectivity index (χ3n) is 4.22. The van der Waals surface area contributed by atoms with Crippen LogP contribution in [-0.4, -0.2) is 24.6 Å². The molecule has 0 unspecified atom stereocenters. The summed E-state index contributed by atoms with van der Waals surface area (Å²) >= 11 is 0. The molecule has 1 aromatic carbocycles. The zero-order chi connectivity index (χ0) is 13.2. The number of anilines is 1. The zero-order valence-corrected chi connectivity index (χ0v) is 11.1. The Morgan fingerprint density at radius 1 is 1.33 bits per heavy atom. The standard InChI is InChI=1S/C14H20N2O2/c1-3-14(4-2)11-15(9-10-16(17)18)13-8-6-5-7-12(13)14/h5-8H,3-4,9-11H2,1-2H3. The van der Waals surface area contributed by atoms with E-state index in [0.717, 1.165) is 19.4 Å². The van der Waals surface area contributed by atoms with Gasteiger partial charge in [0.05, 0.1) is 6.54 Å². The summed E-state index contributed by atoms with van der Waals surface area (Å²) < 4.78 is 0. The molecule has 0 saturated carbocycles. The number of para-hydroxylation sites is 1. The third kappa shape index (κ3) is 2.07. The van der Waals surface area contributed by atoms with Gasteiger partial charge in [-0.2, -0.15) is 0 Å². The van der Waals surface area contributed by atoms with Gasteiger partial charge in [0.2, 0.25) is 6.54 Å². The molecule has 18 heavy (non-hydrogen) atoms. The highest BCUT2D eigenvalue weighted by Gasteiger charge is 2.39. The van der Waals surface area contributed by atoms with Crippen LogP contribution in [0.25, 0.3) is 0 Å². The Morgan fingerprint density at radius 2 is 2.00 bits per heavy atom. The van der Waals surface area contributed by atoms with Crippen LogP contribution < -0.4 is 4.90 Å². The molecule has 1 aromatic rings. The molecule has 0 fully saturated rings. The van der Waals surface area contributed by atoms with Gasteiger partial charge in [-0.25, -0.2) is 0 Å². The summed E-state index contributed by atoms with van der Waals surface area (Å²) in [6.07, 6.45) is 2.16. The lowest BCUT2D eigenvalue weighted by Gasteiger charge is -2.27. The van der Waals surface area contributed by atoms with Gasteiger partial charge >= 0.3 is 0 Å². The largest absolute Gasteiger partial charge is 0.364 e. The van der Waals surface area contributed by atoms with Gasteiger partial charge in [-0.1, -0.05) is 32.0 Å². The van der Waals surface area contributed by atoms with E-state index in [1.807, 2.05) is 6.07 Å². The lowest BCUT2D eigenvalue weighted by atomic mass is 9.78. The van der Waals surface area contributed by atoms with Gasteiger partial charge in [0.15, 0.2) is 0 Å². The number of hydrogen-bond donors (Lipinski definition) is 0. The molecule has 1 aliphatic rings. The molecule has 1 heterocycles. The third-order valence-corrected chi connectivity index (χ3v) is 4.22. The highest BCUT2D eigenvalue weighted by molar-refractivity contribution is 5.62. The van der Waals surface area contributed by atoms with Crippen LogP contribution in [0.2, 0.25) is 0 Å². The second-order valence-corrected chi connectivity index (χ2v) is 4.98. The maximum absolute atomic E-state index is 10.5. The summed E-state index contributed by atoms with van der Waals surface area (Å²) in [6.45, 7) is 5.84. The Morgan fingerprint density at radius 3 is 2.61 bits per heavy atom. The normalized spacial score (nSPS) is 16.7. The van der Waals surface area contributed by atoms with Crippen LogP contribution in [0.5, 0.6) is 0 Å². The van der Waals surface area contributed by atoms with E-state index >= 15 is 0 Å². The highest BCUT2D eigenvalue weighted by Crippen LogP contribution is 2.44. The molecular formula is C14H20N2O2. The summed E-state index contributed by atoms with van der Waals surface area (Å²) in [5.74, 6) is 0. The zero-order valence-electron chi connectivity index (χ0n) is 11.1. The molecule has 0 aromatic heterocycles. The predicted molar refractivity (Wildman–Crippen MR) is 72.8 cm³/mol. The van der Waals surface area contributed by atoms with Crippen LogP contribution in [-0.2, 0) is 5.41 Å². The van der Waals surface area contributed by atoms with E-state index in [1.165, 1.54) is 11.3 Å². The van der Waals surface area contributed by atoms with Crippen LogP contribution in [0.15, 0.2) is 24.3 Å². The van der Waals surface area contributed by atoms with E-state index in [9.17, 15) is 10.1 Å². The van der Waals surface area contributed by atoms with Crippen LogP contribution in [0.1, 0.15) is 32.3 Å². The van der Waals surface area contributed by atoms with Crippen molar-refractivity contribution >= 4 is 5.69 Å². The minimum Gasteiger partial charge on any atom is -0.364 e. The van der Waals surface area contributed by atoms with Gasteiger partial charge in [-0.05, 0) is 24.5 Å². The molecule has 2 rings (SSSR count). The second kappa shape index (κ2) is 4.96. The van der Waals surface area contributed by atoms with Gasteiger partial charge < -0.3 is 4.90 Å². The Bertz CT molecular complexity index is 441. The van der Waals surface area contributed by atoms with Crippen molar-refractivity contribution in [3.63, 3.8) is 0 Å². The van der Waals surface area contributed by atoms with E-state index in [2.05, 4.69) is 36.9 Å². The van der Waals surface area contributed by atoms with Crippen LogP contribution in [0, 0.1) is 10.1 Å². The Labute approximate surface area is 108 Å². The molecular weight excluding hydrogens is 228 g/mol. The molecule has 0 spiro atoms. The van der Waals surface area contributed by atoms with Gasteiger partial charge in [0.1, 0.15) is 0 Å². The molecule has 4 nitrogen and oxygen atoms in total. The monoisotopic (exact) mass is 248 g/mol. The molecule has 0 saturated heterocycles. The van der Waals surface area contributed by atoms with E-state index in [-0.39, 0.29) is 16.9 Å². The van der Waals surface area contributed by atoms with Crippen LogP contribution in [0.3, 0.4) is 0 Å². The fraction of sp³-hybridized carbons (Fsp3) is 0.571.